The molecule has 2 heterocycles. The zero-order valence-corrected chi connectivity index (χ0v) is 14.4. The summed E-state index contributed by atoms with van der Waals surface area (Å²) in [6.07, 6.45) is 0.906. The molecule has 2 atom stereocenters. The van der Waals surface area contributed by atoms with E-state index in [4.69, 9.17) is 23.2 Å². The number of H-pyrrole nitrogens is 1. The maximum Gasteiger partial charge on any atom is 0.269 e. The Labute approximate surface area is 140 Å². The van der Waals surface area contributed by atoms with Crippen molar-refractivity contribution in [3.8, 4) is 0 Å². The smallest absolute Gasteiger partial charge is 0.269 e. The van der Waals surface area contributed by atoms with E-state index in [1.807, 2.05) is 7.05 Å². The van der Waals surface area contributed by atoms with E-state index in [1.165, 1.54) is 0 Å². The molecule has 0 aromatic carbocycles. The Morgan fingerprint density at radius 2 is 2.10 bits per heavy atom. The summed E-state index contributed by atoms with van der Waals surface area (Å²) in [6.45, 7) is 4.45. The van der Waals surface area contributed by atoms with Crippen LogP contribution in [-0.4, -0.2) is 43.6 Å². The third kappa shape index (κ3) is 4.27. The highest BCUT2D eigenvalue weighted by atomic mass is 35.5. The average molecular weight is 356 g/mol. The number of carbonyl (C=O) groups is 1. The summed E-state index contributed by atoms with van der Waals surface area (Å²) >= 11 is 12.1. The number of rotatable bonds is 4. The van der Waals surface area contributed by atoms with Crippen molar-refractivity contribution in [2.45, 2.75) is 19.4 Å². The summed E-state index contributed by atoms with van der Waals surface area (Å²) < 4.78 is 0. The van der Waals surface area contributed by atoms with Gasteiger partial charge >= 0.3 is 0 Å². The molecule has 1 aliphatic rings. The lowest BCUT2D eigenvalue weighted by molar-refractivity contribution is 0.0906. The van der Waals surface area contributed by atoms with E-state index in [9.17, 15) is 4.79 Å². The standard InChI is InChI=1S/C13H20Cl2N4O.ClH/c1-7-10(14)11(15)12(18-7)13(20)19-9-3-4-17-6-8(9)5-16-2;/h8-9,16-18H,3-6H2,1-2H3,(H,19,20);1H. The molecule has 0 aliphatic carbocycles. The van der Waals surface area contributed by atoms with Crippen molar-refractivity contribution >= 4 is 41.5 Å². The van der Waals surface area contributed by atoms with Gasteiger partial charge in [-0.05, 0) is 26.9 Å². The first-order chi connectivity index (χ1) is 9.54. The number of hydrogen-bond donors (Lipinski definition) is 4. The molecule has 1 aromatic heterocycles. The highest BCUT2D eigenvalue weighted by Crippen LogP contribution is 2.29. The number of halogens is 3. The van der Waals surface area contributed by atoms with Gasteiger partial charge < -0.3 is 20.9 Å². The van der Waals surface area contributed by atoms with Crippen molar-refractivity contribution in [1.29, 1.82) is 0 Å². The SMILES string of the molecule is CNCC1CNCCC1NC(=O)c1[nH]c(C)c(Cl)c1Cl.Cl. The predicted molar refractivity (Wildman–Crippen MR) is 89.0 cm³/mol. The first kappa shape index (κ1) is 18.6. The molecule has 0 radical (unpaired) electrons. The second kappa shape index (κ2) is 8.25. The third-order valence-corrected chi connectivity index (χ3v) is 4.62. The molecule has 5 nitrogen and oxygen atoms in total. The molecular weight excluding hydrogens is 335 g/mol. The average Bonchev–Trinajstić information content (AvgIpc) is 2.69. The van der Waals surface area contributed by atoms with E-state index in [0.29, 0.717) is 27.4 Å². The van der Waals surface area contributed by atoms with Crippen molar-refractivity contribution < 1.29 is 4.79 Å². The molecule has 1 aliphatic heterocycles. The molecule has 1 aromatic rings. The largest absolute Gasteiger partial charge is 0.352 e. The quantitative estimate of drug-likeness (QED) is 0.667. The molecule has 2 unspecified atom stereocenters. The predicted octanol–water partition coefficient (Wildman–Crippen LogP) is 1.98. The van der Waals surface area contributed by atoms with E-state index in [2.05, 4.69) is 20.9 Å². The molecule has 0 bridgehead atoms. The topological polar surface area (TPSA) is 68.9 Å². The summed E-state index contributed by atoms with van der Waals surface area (Å²) in [5, 5.41) is 10.3. The normalized spacial score (nSPS) is 21.7. The minimum atomic E-state index is -0.196. The van der Waals surface area contributed by atoms with Crippen LogP contribution in [0.2, 0.25) is 10.0 Å². The summed E-state index contributed by atoms with van der Waals surface area (Å²) in [5.41, 5.74) is 1.05. The highest BCUT2D eigenvalue weighted by molar-refractivity contribution is 6.44. The second-order valence-corrected chi connectivity index (χ2v) is 5.90. The Kier molecular flexibility index (Phi) is 7.30. The lowest BCUT2D eigenvalue weighted by atomic mass is 9.93. The summed E-state index contributed by atoms with van der Waals surface area (Å²) in [7, 11) is 1.92. The number of piperidine rings is 1. The number of aryl methyl sites for hydroxylation is 1. The molecule has 2 rings (SSSR count). The van der Waals surface area contributed by atoms with Crippen LogP contribution in [0.3, 0.4) is 0 Å². The molecular formula is C13H21Cl3N4O. The summed E-state index contributed by atoms with van der Waals surface area (Å²) in [6, 6.07) is 0.134. The lowest BCUT2D eigenvalue weighted by Gasteiger charge is -2.32. The molecule has 1 amide bonds. The Bertz CT molecular complexity index is 490. The maximum absolute atomic E-state index is 12.3. The Hall–Kier alpha value is -0.460. The number of nitrogens with one attached hydrogen (secondary N) is 4. The monoisotopic (exact) mass is 354 g/mol. The van der Waals surface area contributed by atoms with Gasteiger partial charge in [0, 0.05) is 30.7 Å². The zero-order valence-electron chi connectivity index (χ0n) is 12.1. The number of carbonyl (C=O) groups excluding carboxylic acids is 1. The first-order valence-electron chi connectivity index (χ1n) is 6.74. The summed E-state index contributed by atoms with van der Waals surface area (Å²) in [5.74, 6) is 0.168. The van der Waals surface area contributed by atoms with Crippen LogP contribution >= 0.6 is 35.6 Å². The number of aromatic nitrogens is 1. The van der Waals surface area contributed by atoms with Gasteiger partial charge in [-0.15, -0.1) is 12.4 Å². The molecule has 0 spiro atoms. The van der Waals surface area contributed by atoms with Crippen LogP contribution in [0.1, 0.15) is 22.6 Å². The Balaban J connectivity index is 0.00000220. The number of amides is 1. The van der Waals surface area contributed by atoms with Crippen LogP contribution < -0.4 is 16.0 Å². The maximum atomic E-state index is 12.3. The van der Waals surface area contributed by atoms with E-state index >= 15 is 0 Å². The van der Waals surface area contributed by atoms with Gasteiger partial charge in [-0.2, -0.15) is 0 Å². The highest BCUT2D eigenvalue weighted by Gasteiger charge is 2.27. The van der Waals surface area contributed by atoms with Gasteiger partial charge in [0.2, 0.25) is 0 Å². The van der Waals surface area contributed by atoms with Crippen LogP contribution in [0.25, 0.3) is 0 Å². The van der Waals surface area contributed by atoms with Crippen LogP contribution in [0.15, 0.2) is 0 Å². The molecule has 8 heteroatoms. The molecule has 4 N–H and O–H groups in total. The summed E-state index contributed by atoms with van der Waals surface area (Å²) in [4.78, 5) is 15.3. The fourth-order valence-electron chi connectivity index (χ4n) is 2.56. The van der Waals surface area contributed by atoms with Crippen LogP contribution in [-0.2, 0) is 0 Å². The van der Waals surface area contributed by atoms with Crippen molar-refractivity contribution in [3.05, 3.63) is 21.4 Å². The molecule has 1 saturated heterocycles. The third-order valence-electron chi connectivity index (χ3n) is 3.67. The molecule has 1 fully saturated rings. The van der Waals surface area contributed by atoms with Crippen molar-refractivity contribution in [1.82, 2.24) is 20.9 Å². The Morgan fingerprint density at radius 3 is 2.67 bits per heavy atom. The van der Waals surface area contributed by atoms with E-state index < -0.39 is 0 Å². The van der Waals surface area contributed by atoms with E-state index in [0.717, 1.165) is 26.1 Å². The molecule has 0 saturated carbocycles. The lowest BCUT2D eigenvalue weighted by Crippen LogP contribution is -2.52. The number of aromatic amines is 1. The first-order valence-corrected chi connectivity index (χ1v) is 7.50. The van der Waals surface area contributed by atoms with Gasteiger partial charge in [-0.25, -0.2) is 0 Å². The number of hydrogen-bond acceptors (Lipinski definition) is 3. The van der Waals surface area contributed by atoms with Crippen LogP contribution in [0.5, 0.6) is 0 Å². The fraction of sp³-hybridized carbons (Fsp3) is 0.615. The van der Waals surface area contributed by atoms with Crippen molar-refractivity contribution in [2.75, 3.05) is 26.7 Å². The van der Waals surface area contributed by atoms with Gasteiger partial charge in [-0.1, -0.05) is 23.2 Å². The minimum Gasteiger partial charge on any atom is -0.352 e. The van der Waals surface area contributed by atoms with Gasteiger partial charge in [0.1, 0.15) is 5.69 Å². The Morgan fingerprint density at radius 1 is 1.38 bits per heavy atom. The molecule has 120 valence electrons. The fourth-order valence-corrected chi connectivity index (χ4v) is 2.97. The zero-order chi connectivity index (χ0) is 14.7. The van der Waals surface area contributed by atoms with E-state index in [1.54, 1.807) is 6.92 Å². The van der Waals surface area contributed by atoms with Crippen LogP contribution in [0.4, 0.5) is 0 Å². The van der Waals surface area contributed by atoms with Gasteiger partial charge in [0.05, 0.1) is 10.0 Å². The van der Waals surface area contributed by atoms with Crippen molar-refractivity contribution in [2.24, 2.45) is 5.92 Å². The van der Waals surface area contributed by atoms with Crippen LogP contribution in [0, 0.1) is 12.8 Å². The van der Waals surface area contributed by atoms with Gasteiger partial charge in [-0.3, -0.25) is 4.79 Å². The van der Waals surface area contributed by atoms with Crippen molar-refractivity contribution in [3.63, 3.8) is 0 Å². The van der Waals surface area contributed by atoms with Gasteiger partial charge in [0.15, 0.2) is 0 Å². The second-order valence-electron chi connectivity index (χ2n) is 5.14. The molecule has 21 heavy (non-hydrogen) atoms. The minimum absolute atomic E-state index is 0. The van der Waals surface area contributed by atoms with Gasteiger partial charge in [0.25, 0.3) is 5.91 Å². The van der Waals surface area contributed by atoms with E-state index in [-0.39, 0.29) is 24.4 Å².